The van der Waals surface area contributed by atoms with Gasteiger partial charge in [0.2, 0.25) is 0 Å². The van der Waals surface area contributed by atoms with Gasteiger partial charge in [-0.2, -0.15) is 0 Å². The van der Waals surface area contributed by atoms with Crippen LogP contribution in [0.25, 0.3) is 5.82 Å². The van der Waals surface area contributed by atoms with E-state index in [1.165, 1.54) is 17.0 Å². The molecule has 0 aliphatic carbocycles. The Morgan fingerprint density at radius 1 is 0.818 bits per heavy atom. The van der Waals surface area contributed by atoms with Crippen molar-refractivity contribution in [3.05, 3.63) is 76.5 Å². The minimum absolute atomic E-state index is 0.760. The van der Waals surface area contributed by atoms with Gasteiger partial charge in [0.25, 0.3) is 0 Å². The number of hydrogen-bond acceptors (Lipinski definition) is 2. The Morgan fingerprint density at radius 2 is 1.55 bits per heavy atom. The Labute approximate surface area is 131 Å². The maximum absolute atomic E-state index is 4.85. The zero-order valence-electron chi connectivity index (χ0n) is 13.6. The van der Waals surface area contributed by atoms with E-state index in [1.807, 2.05) is 13.0 Å². The highest BCUT2D eigenvalue weighted by atomic mass is 15.1. The topological polar surface area (TPSA) is 30.7 Å². The molecule has 0 bridgehead atoms. The van der Waals surface area contributed by atoms with Gasteiger partial charge in [-0.05, 0) is 69.7 Å². The van der Waals surface area contributed by atoms with Crippen LogP contribution < -0.4 is 0 Å². The Bertz CT molecular complexity index is 796. The molecule has 3 rings (SSSR count). The third kappa shape index (κ3) is 2.93. The van der Waals surface area contributed by atoms with Crippen LogP contribution in [0.4, 0.5) is 0 Å². The van der Waals surface area contributed by atoms with Crippen molar-refractivity contribution in [1.29, 1.82) is 0 Å². The van der Waals surface area contributed by atoms with Gasteiger partial charge in [0.15, 0.2) is 0 Å². The van der Waals surface area contributed by atoms with E-state index in [1.54, 1.807) is 0 Å². The average molecular weight is 291 g/mol. The van der Waals surface area contributed by atoms with E-state index in [0.717, 1.165) is 29.3 Å². The third-order valence-electron chi connectivity index (χ3n) is 3.82. The fraction of sp³-hybridized carbons (Fsp3) is 0.263. The van der Waals surface area contributed by atoms with Crippen molar-refractivity contribution in [3.63, 3.8) is 0 Å². The molecule has 22 heavy (non-hydrogen) atoms. The number of aromatic nitrogens is 3. The van der Waals surface area contributed by atoms with E-state index >= 15 is 0 Å². The van der Waals surface area contributed by atoms with Crippen LogP contribution in [0.2, 0.25) is 0 Å². The summed E-state index contributed by atoms with van der Waals surface area (Å²) in [4.78, 5) is 9.42. The van der Waals surface area contributed by atoms with Crippen LogP contribution in [-0.4, -0.2) is 14.5 Å². The minimum Gasteiger partial charge on any atom is -0.303 e. The average Bonchev–Trinajstić information content (AvgIpc) is 2.77. The summed E-state index contributed by atoms with van der Waals surface area (Å²) in [6, 6.07) is 14.7. The second-order valence-corrected chi connectivity index (χ2v) is 5.89. The summed E-state index contributed by atoms with van der Waals surface area (Å²) in [5, 5.41) is 0. The van der Waals surface area contributed by atoms with Crippen molar-refractivity contribution in [2.45, 2.75) is 34.1 Å². The van der Waals surface area contributed by atoms with Gasteiger partial charge in [-0.3, -0.25) is 4.98 Å². The molecule has 0 aliphatic heterocycles. The molecule has 0 spiro atoms. The zero-order valence-corrected chi connectivity index (χ0v) is 13.6. The van der Waals surface area contributed by atoms with Crippen LogP contribution in [-0.2, 0) is 6.42 Å². The molecule has 0 fully saturated rings. The van der Waals surface area contributed by atoms with E-state index < -0.39 is 0 Å². The molecule has 112 valence electrons. The molecule has 0 amide bonds. The van der Waals surface area contributed by atoms with E-state index in [2.05, 4.69) is 66.7 Å². The van der Waals surface area contributed by atoms with Crippen molar-refractivity contribution < 1.29 is 0 Å². The lowest BCUT2D eigenvalue weighted by Crippen LogP contribution is -2.05. The zero-order chi connectivity index (χ0) is 15.7. The van der Waals surface area contributed by atoms with Crippen LogP contribution in [0.3, 0.4) is 0 Å². The highest BCUT2D eigenvalue weighted by Crippen LogP contribution is 2.17. The van der Waals surface area contributed by atoms with Crippen LogP contribution in [0.5, 0.6) is 0 Å². The molecular weight excluding hydrogens is 270 g/mol. The van der Waals surface area contributed by atoms with Crippen LogP contribution in [0, 0.1) is 27.7 Å². The number of aryl methyl sites for hydroxylation is 4. The molecule has 3 nitrogen and oxygen atoms in total. The van der Waals surface area contributed by atoms with Crippen molar-refractivity contribution in [1.82, 2.24) is 14.5 Å². The Balaban J connectivity index is 2.00. The summed E-state index contributed by atoms with van der Waals surface area (Å²) in [5.41, 5.74) is 6.79. The predicted octanol–water partition coefficient (Wildman–Crippen LogP) is 4.09. The first-order chi connectivity index (χ1) is 10.5. The molecule has 0 aliphatic rings. The molecule has 3 aromatic heterocycles. The first-order valence-electron chi connectivity index (χ1n) is 7.58. The summed E-state index contributed by atoms with van der Waals surface area (Å²) in [7, 11) is 0. The first-order valence-corrected chi connectivity index (χ1v) is 7.58. The Morgan fingerprint density at radius 3 is 2.23 bits per heavy atom. The second kappa shape index (κ2) is 5.76. The van der Waals surface area contributed by atoms with Crippen molar-refractivity contribution >= 4 is 0 Å². The van der Waals surface area contributed by atoms with Gasteiger partial charge in [0.1, 0.15) is 5.82 Å². The van der Waals surface area contributed by atoms with Gasteiger partial charge in [-0.1, -0.05) is 6.07 Å². The molecule has 0 saturated carbocycles. The molecule has 0 unspecified atom stereocenters. The van der Waals surface area contributed by atoms with Gasteiger partial charge >= 0.3 is 0 Å². The van der Waals surface area contributed by atoms with Gasteiger partial charge in [-0.15, -0.1) is 0 Å². The van der Waals surface area contributed by atoms with Crippen LogP contribution in [0.15, 0.2) is 42.5 Å². The monoisotopic (exact) mass is 291 g/mol. The maximum Gasteiger partial charge on any atom is 0.137 e. The smallest absolute Gasteiger partial charge is 0.137 e. The Kier molecular flexibility index (Phi) is 3.80. The number of rotatable bonds is 3. The predicted molar refractivity (Wildman–Crippen MR) is 89.6 cm³/mol. The largest absolute Gasteiger partial charge is 0.303 e. The van der Waals surface area contributed by atoms with E-state index in [9.17, 15) is 0 Å². The fourth-order valence-corrected chi connectivity index (χ4v) is 2.84. The van der Waals surface area contributed by atoms with Gasteiger partial charge in [-0.25, -0.2) is 4.98 Å². The van der Waals surface area contributed by atoms with Crippen molar-refractivity contribution in [3.8, 4) is 5.82 Å². The van der Waals surface area contributed by atoms with Crippen molar-refractivity contribution in [2.75, 3.05) is 0 Å². The number of hydrogen-bond donors (Lipinski definition) is 0. The normalized spacial score (nSPS) is 10.9. The standard InChI is InChI=1S/C19H21N3/c1-13-10-18(12-17-7-5-6-14(2)20-17)21-19(11-13)22-15(3)8-9-16(22)4/h5-11H,12H2,1-4H3. The summed E-state index contributed by atoms with van der Waals surface area (Å²) >= 11 is 0. The lowest BCUT2D eigenvalue weighted by molar-refractivity contribution is 0.890. The fourth-order valence-electron chi connectivity index (χ4n) is 2.84. The molecule has 0 radical (unpaired) electrons. The van der Waals surface area contributed by atoms with E-state index in [-0.39, 0.29) is 0 Å². The molecule has 0 atom stereocenters. The quantitative estimate of drug-likeness (QED) is 0.727. The van der Waals surface area contributed by atoms with Crippen molar-refractivity contribution in [2.24, 2.45) is 0 Å². The summed E-state index contributed by atoms with van der Waals surface area (Å²) < 4.78 is 2.19. The molecule has 3 aromatic rings. The van der Waals surface area contributed by atoms with Gasteiger partial charge < -0.3 is 4.57 Å². The SMILES string of the molecule is Cc1cc(Cc2cccc(C)n2)nc(-n2c(C)ccc2C)c1. The van der Waals surface area contributed by atoms with Gasteiger partial charge in [0, 0.05) is 34.9 Å². The van der Waals surface area contributed by atoms with Crippen LogP contribution in [0.1, 0.15) is 34.0 Å². The van der Waals surface area contributed by atoms with Crippen LogP contribution >= 0.6 is 0 Å². The summed E-state index contributed by atoms with van der Waals surface area (Å²) in [6.45, 7) is 8.36. The summed E-state index contributed by atoms with van der Waals surface area (Å²) in [5.74, 6) is 0.989. The molecule has 0 N–H and O–H groups in total. The van der Waals surface area contributed by atoms with E-state index in [4.69, 9.17) is 4.98 Å². The maximum atomic E-state index is 4.85. The van der Waals surface area contributed by atoms with E-state index in [0.29, 0.717) is 0 Å². The lowest BCUT2D eigenvalue weighted by Gasteiger charge is -2.11. The Hall–Kier alpha value is -2.42. The first kappa shape index (κ1) is 14.5. The highest BCUT2D eigenvalue weighted by Gasteiger charge is 2.08. The molecule has 3 heterocycles. The lowest BCUT2D eigenvalue weighted by atomic mass is 10.1. The summed E-state index contributed by atoms with van der Waals surface area (Å²) in [6.07, 6.45) is 0.760. The van der Waals surface area contributed by atoms with Gasteiger partial charge in [0.05, 0.1) is 0 Å². The molecule has 0 saturated heterocycles. The number of pyridine rings is 2. The molecule has 0 aromatic carbocycles. The number of nitrogens with zero attached hydrogens (tertiary/aromatic N) is 3. The molecule has 3 heteroatoms. The third-order valence-corrected chi connectivity index (χ3v) is 3.82. The molecular formula is C19H21N3. The minimum atomic E-state index is 0.760. The highest BCUT2D eigenvalue weighted by molar-refractivity contribution is 5.36. The second-order valence-electron chi connectivity index (χ2n) is 5.89.